The second kappa shape index (κ2) is 5.99. The molecule has 2 amide bonds. The predicted octanol–water partition coefficient (Wildman–Crippen LogP) is 2.21. The van der Waals surface area contributed by atoms with Crippen LogP contribution in [0.15, 0.2) is 60.7 Å². The number of benzene rings is 2. The van der Waals surface area contributed by atoms with Crippen LogP contribution in [0.2, 0.25) is 0 Å². The first-order valence-corrected chi connectivity index (χ1v) is 7.08. The van der Waals surface area contributed by atoms with E-state index in [2.05, 4.69) is 0 Å². The van der Waals surface area contributed by atoms with Crippen LogP contribution in [0.5, 0.6) is 0 Å². The number of para-hydroxylation sites is 1. The Hall–Kier alpha value is -2.66. The average Bonchev–Trinajstić information content (AvgIpc) is 2.84. The molecule has 0 bridgehead atoms. The highest BCUT2D eigenvalue weighted by molar-refractivity contribution is 6.06. The normalized spacial score (nSPS) is 17.9. The smallest absolute Gasteiger partial charge is 0.255 e. The Balaban J connectivity index is 1.77. The van der Waals surface area contributed by atoms with E-state index >= 15 is 0 Å². The second-order valence-electron chi connectivity index (χ2n) is 5.20. The van der Waals surface area contributed by atoms with Crippen molar-refractivity contribution >= 4 is 17.5 Å². The zero-order chi connectivity index (χ0) is 15.5. The largest absolute Gasteiger partial charge is 0.288 e. The van der Waals surface area contributed by atoms with Crippen molar-refractivity contribution in [3.8, 4) is 0 Å². The summed E-state index contributed by atoms with van der Waals surface area (Å²) in [6.07, 6.45) is -0.0168. The van der Waals surface area contributed by atoms with Crippen LogP contribution in [-0.2, 0) is 16.1 Å². The molecule has 5 nitrogen and oxygen atoms in total. The Morgan fingerprint density at radius 1 is 1.00 bits per heavy atom. The van der Waals surface area contributed by atoms with Crippen molar-refractivity contribution in [3.63, 3.8) is 0 Å². The molecule has 2 aromatic carbocycles. The van der Waals surface area contributed by atoms with E-state index in [0.717, 1.165) is 10.6 Å². The maximum atomic E-state index is 12.4. The van der Waals surface area contributed by atoms with Crippen molar-refractivity contribution in [1.29, 1.82) is 0 Å². The molecule has 1 N–H and O–H groups in total. The fraction of sp³-hybridized carbons (Fsp3) is 0.176. The van der Waals surface area contributed by atoms with Crippen LogP contribution in [0.3, 0.4) is 0 Å². The lowest BCUT2D eigenvalue weighted by atomic mass is 10.2. The molecule has 1 aliphatic heterocycles. The summed E-state index contributed by atoms with van der Waals surface area (Å²) >= 11 is 0. The first-order chi connectivity index (χ1) is 10.7. The van der Waals surface area contributed by atoms with E-state index in [0.29, 0.717) is 5.69 Å². The molecule has 1 heterocycles. The fourth-order valence-corrected chi connectivity index (χ4v) is 2.55. The van der Waals surface area contributed by atoms with Gasteiger partial charge in [-0.2, -0.15) is 0 Å². The Labute approximate surface area is 128 Å². The standard InChI is InChI=1S/C17H16N2O3/c20-16-11-15(19(22)14-9-5-2-6-10-14)17(21)18(16)12-13-7-3-1-4-8-13/h1-10,15,22H,11-12H2/t15-/m0/s1. The predicted molar refractivity (Wildman–Crippen MR) is 81.1 cm³/mol. The van der Waals surface area contributed by atoms with E-state index in [9.17, 15) is 14.8 Å². The number of anilines is 1. The molecule has 1 atom stereocenters. The molecule has 5 heteroatoms. The number of likely N-dealkylation sites (tertiary alicyclic amines) is 1. The first-order valence-electron chi connectivity index (χ1n) is 7.08. The Morgan fingerprint density at radius 3 is 2.23 bits per heavy atom. The van der Waals surface area contributed by atoms with Crippen molar-refractivity contribution in [2.75, 3.05) is 5.06 Å². The molecule has 0 unspecified atom stereocenters. The summed E-state index contributed by atoms with van der Waals surface area (Å²) in [5.74, 6) is -0.644. The molecule has 1 aliphatic rings. The van der Waals surface area contributed by atoms with Crippen molar-refractivity contribution in [1.82, 2.24) is 4.90 Å². The third kappa shape index (κ3) is 2.71. The number of amides is 2. The summed E-state index contributed by atoms with van der Waals surface area (Å²) in [5.41, 5.74) is 1.38. The van der Waals surface area contributed by atoms with Gasteiger partial charge in [0.25, 0.3) is 5.91 Å². The summed E-state index contributed by atoms with van der Waals surface area (Å²) in [7, 11) is 0. The SMILES string of the molecule is O=C1C[C@H](N(O)c2ccccc2)C(=O)N1Cc1ccccc1. The Kier molecular flexibility index (Phi) is 3.89. The third-order valence-electron chi connectivity index (χ3n) is 3.72. The number of rotatable bonds is 4. The van der Waals surface area contributed by atoms with E-state index in [1.165, 1.54) is 4.90 Å². The van der Waals surface area contributed by atoms with Gasteiger partial charge >= 0.3 is 0 Å². The minimum atomic E-state index is -0.862. The van der Waals surface area contributed by atoms with Gasteiger partial charge in [-0.1, -0.05) is 48.5 Å². The molecule has 0 saturated carbocycles. The molecular formula is C17H16N2O3. The molecule has 22 heavy (non-hydrogen) atoms. The van der Waals surface area contributed by atoms with Crippen LogP contribution in [-0.4, -0.2) is 28.0 Å². The summed E-state index contributed by atoms with van der Waals surface area (Å²) < 4.78 is 0. The Morgan fingerprint density at radius 2 is 1.59 bits per heavy atom. The van der Waals surface area contributed by atoms with Crippen LogP contribution in [0.25, 0.3) is 0 Å². The van der Waals surface area contributed by atoms with Gasteiger partial charge < -0.3 is 0 Å². The Bertz CT molecular complexity index is 673. The molecule has 1 saturated heterocycles. The van der Waals surface area contributed by atoms with Gasteiger partial charge in [-0.15, -0.1) is 0 Å². The third-order valence-corrected chi connectivity index (χ3v) is 3.72. The molecule has 3 rings (SSSR count). The van der Waals surface area contributed by atoms with E-state index in [4.69, 9.17) is 0 Å². The number of hydrogen-bond donors (Lipinski definition) is 1. The summed E-state index contributed by atoms with van der Waals surface area (Å²) in [6, 6.07) is 17.2. The van der Waals surface area contributed by atoms with Gasteiger partial charge in [-0.25, -0.2) is 5.06 Å². The number of hydrogen-bond acceptors (Lipinski definition) is 4. The lowest BCUT2D eigenvalue weighted by molar-refractivity contribution is -0.139. The first kappa shape index (κ1) is 14.3. The lowest BCUT2D eigenvalue weighted by Gasteiger charge is -2.22. The second-order valence-corrected chi connectivity index (χ2v) is 5.20. The minimum absolute atomic E-state index is 0.0168. The summed E-state index contributed by atoms with van der Waals surface area (Å²) in [4.78, 5) is 25.7. The quantitative estimate of drug-likeness (QED) is 0.694. The van der Waals surface area contributed by atoms with Gasteiger partial charge in [0.15, 0.2) is 0 Å². The number of carbonyl (C=O) groups excluding carboxylic acids is 2. The molecule has 0 spiro atoms. The van der Waals surface area contributed by atoms with Crippen molar-refractivity contribution in [2.24, 2.45) is 0 Å². The van der Waals surface area contributed by atoms with Crippen LogP contribution in [0, 0.1) is 0 Å². The van der Waals surface area contributed by atoms with Gasteiger partial charge in [-0.3, -0.25) is 19.7 Å². The topological polar surface area (TPSA) is 60.9 Å². The van der Waals surface area contributed by atoms with Crippen LogP contribution >= 0.6 is 0 Å². The number of nitrogens with zero attached hydrogens (tertiary/aromatic N) is 2. The number of hydroxylamine groups is 1. The van der Waals surface area contributed by atoms with E-state index in [-0.39, 0.29) is 24.8 Å². The minimum Gasteiger partial charge on any atom is -0.288 e. The van der Waals surface area contributed by atoms with E-state index in [1.54, 1.807) is 24.3 Å². The number of imide groups is 1. The van der Waals surface area contributed by atoms with E-state index < -0.39 is 6.04 Å². The highest BCUT2D eigenvalue weighted by Crippen LogP contribution is 2.24. The highest BCUT2D eigenvalue weighted by Gasteiger charge is 2.42. The van der Waals surface area contributed by atoms with Crippen LogP contribution in [0.1, 0.15) is 12.0 Å². The molecule has 112 valence electrons. The average molecular weight is 296 g/mol. The molecule has 1 fully saturated rings. The maximum Gasteiger partial charge on any atom is 0.255 e. The molecule has 0 aliphatic carbocycles. The lowest BCUT2D eigenvalue weighted by Crippen LogP contribution is -2.40. The fourth-order valence-electron chi connectivity index (χ4n) is 2.55. The van der Waals surface area contributed by atoms with Gasteiger partial charge in [0, 0.05) is 0 Å². The zero-order valence-electron chi connectivity index (χ0n) is 11.9. The summed E-state index contributed by atoms with van der Waals surface area (Å²) in [5, 5.41) is 11.1. The van der Waals surface area contributed by atoms with Crippen LogP contribution in [0.4, 0.5) is 5.69 Å². The van der Waals surface area contributed by atoms with Crippen molar-refractivity contribution in [3.05, 3.63) is 66.2 Å². The zero-order valence-corrected chi connectivity index (χ0v) is 11.9. The molecule has 2 aromatic rings. The molecule has 0 aromatic heterocycles. The summed E-state index contributed by atoms with van der Waals surface area (Å²) in [6.45, 7) is 0.234. The van der Waals surface area contributed by atoms with Gasteiger partial charge in [-0.05, 0) is 17.7 Å². The highest BCUT2D eigenvalue weighted by atomic mass is 16.5. The van der Waals surface area contributed by atoms with Gasteiger partial charge in [0.2, 0.25) is 5.91 Å². The van der Waals surface area contributed by atoms with E-state index in [1.807, 2.05) is 36.4 Å². The molecular weight excluding hydrogens is 280 g/mol. The van der Waals surface area contributed by atoms with Gasteiger partial charge in [0.1, 0.15) is 6.04 Å². The van der Waals surface area contributed by atoms with Crippen molar-refractivity contribution < 1.29 is 14.8 Å². The monoisotopic (exact) mass is 296 g/mol. The molecule has 0 radical (unpaired) electrons. The van der Waals surface area contributed by atoms with Gasteiger partial charge in [0.05, 0.1) is 18.7 Å². The maximum absolute atomic E-state index is 12.4. The van der Waals surface area contributed by atoms with Crippen LogP contribution < -0.4 is 5.06 Å². The number of carbonyl (C=O) groups is 2. The van der Waals surface area contributed by atoms with Crippen molar-refractivity contribution in [2.45, 2.75) is 19.0 Å².